The van der Waals surface area contributed by atoms with Gasteiger partial charge in [-0.3, -0.25) is 14.4 Å². The minimum absolute atomic E-state index is 0.00379. The maximum Gasteiger partial charge on any atom is 0.303 e. The van der Waals surface area contributed by atoms with E-state index in [1.165, 1.54) is 0 Å². The van der Waals surface area contributed by atoms with Crippen LogP contribution in [-0.2, 0) is 14.4 Å². The number of carboxylic acid groups (broad SMARTS) is 1. The molecule has 1 heterocycles. The molecule has 1 unspecified atom stereocenters. The van der Waals surface area contributed by atoms with Crippen LogP contribution in [0.2, 0.25) is 10.0 Å². The maximum atomic E-state index is 14.6. The summed E-state index contributed by atoms with van der Waals surface area (Å²) >= 11 is 12.3. The van der Waals surface area contributed by atoms with Crippen LogP contribution in [0.25, 0.3) is 5.70 Å². The van der Waals surface area contributed by atoms with Gasteiger partial charge in [0.1, 0.15) is 6.04 Å². The minimum atomic E-state index is -0.936. The molecule has 208 valence electrons. The molecule has 6 nitrogen and oxygen atoms in total. The van der Waals surface area contributed by atoms with Crippen LogP contribution in [0.15, 0.2) is 72.8 Å². The fourth-order valence-corrected chi connectivity index (χ4v) is 5.31. The zero-order chi connectivity index (χ0) is 29.0. The first-order valence-electron chi connectivity index (χ1n) is 13.2. The summed E-state index contributed by atoms with van der Waals surface area (Å²) in [6.07, 6.45) is 2.42. The van der Waals surface area contributed by atoms with Gasteiger partial charge in [-0.2, -0.15) is 0 Å². The number of rotatable bonds is 9. The molecule has 3 aromatic rings. The zero-order valence-corrected chi connectivity index (χ0v) is 24.2. The maximum absolute atomic E-state index is 14.6. The van der Waals surface area contributed by atoms with Crippen molar-refractivity contribution in [2.75, 3.05) is 6.54 Å². The van der Waals surface area contributed by atoms with Crippen LogP contribution in [0.3, 0.4) is 0 Å². The molecule has 0 fully saturated rings. The number of hydrogen-bond acceptors (Lipinski definition) is 3. The van der Waals surface area contributed by atoms with Crippen molar-refractivity contribution in [3.63, 3.8) is 0 Å². The number of aliphatic carboxylic acids is 1. The Morgan fingerprint density at radius 2 is 1.55 bits per heavy atom. The predicted octanol–water partition coefficient (Wildman–Crippen LogP) is 7.38. The molecule has 2 atom stereocenters. The van der Waals surface area contributed by atoms with E-state index in [0.29, 0.717) is 34.1 Å². The van der Waals surface area contributed by atoms with Crippen LogP contribution in [0.4, 0.5) is 0 Å². The molecule has 4 rings (SSSR count). The molecular formula is C32H32Cl2N2O4. The van der Waals surface area contributed by atoms with Gasteiger partial charge in [0.05, 0.1) is 11.7 Å². The average molecular weight is 580 g/mol. The van der Waals surface area contributed by atoms with Gasteiger partial charge in [-0.15, -0.1) is 0 Å². The van der Waals surface area contributed by atoms with Crippen molar-refractivity contribution in [2.45, 2.75) is 52.1 Å². The Bertz CT molecular complexity index is 1430. The molecule has 0 bridgehead atoms. The first-order chi connectivity index (χ1) is 19.1. The molecule has 0 aliphatic carbocycles. The average Bonchev–Trinajstić information content (AvgIpc) is 3.02. The van der Waals surface area contributed by atoms with Gasteiger partial charge in [0.15, 0.2) is 0 Å². The number of hydrogen-bond donors (Lipinski definition) is 1. The number of carbonyl (C=O) groups is 3. The fourth-order valence-electron chi connectivity index (χ4n) is 5.06. The summed E-state index contributed by atoms with van der Waals surface area (Å²) < 4.78 is 0. The molecule has 0 spiro atoms. The van der Waals surface area contributed by atoms with E-state index in [2.05, 4.69) is 0 Å². The highest BCUT2D eigenvalue weighted by Crippen LogP contribution is 2.39. The second-order valence-electron chi connectivity index (χ2n) is 10.1. The second-order valence-corrected chi connectivity index (χ2v) is 11.0. The number of carbonyl (C=O) groups excluding carboxylic acids is 2. The third kappa shape index (κ3) is 6.57. The Hall–Kier alpha value is -3.61. The third-order valence-electron chi connectivity index (χ3n) is 7.23. The topological polar surface area (TPSA) is 77.9 Å². The summed E-state index contributed by atoms with van der Waals surface area (Å²) in [5.41, 5.74) is 4.69. The first-order valence-corrected chi connectivity index (χ1v) is 14.0. The molecule has 3 aromatic carbocycles. The van der Waals surface area contributed by atoms with Crippen molar-refractivity contribution in [1.29, 1.82) is 0 Å². The summed E-state index contributed by atoms with van der Waals surface area (Å²) in [7, 11) is 0. The van der Waals surface area contributed by atoms with Gasteiger partial charge in [-0.05, 0) is 80.6 Å². The first kappa shape index (κ1) is 29.4. The zero-order valence-electron chi connectivity index (χ0n) is 22.7. The van der Waals surface area contributed by atoms with E-state index in [1.807, 2.05) is 51.1 Å². The summed E-state index contributed by atoms with van der Waals surface area (Å²) in [5.74, 6) is -1.46. The Labute approximate surface area is 244 Å². The molecule has 0 aromatic heterocycles. The second kappa shape index (κ2) is 12.7. The molecule has 1 aliphatic rings. The number of nitrogens with zero attached hydrogens (tertiary/aromatic N) is 2. The van der Waals surface area contributed by atoms with Gasteiger partial charge in [0.25, 0.3) is 5.91 Å². The lowest BCUT2D eigenvalue weighted by atomic mass is 9.98. The highest BCUT2D eigenvalue weighted by Gasteiger charge is 2.41. The van der Waals surface area contributed by atoms with E-state index >= 15 is 0 Å². The number of halogens is 2. The summed E-state index contributed by atoms with van der Waals surface area (Å²) in [5, 5.41) is 10.2. The number of aryl methyl sites for hydroxylation is 2. The summed E-state index contributed by atoms with van der Waals surface area (Å²) in [4.78, 5) is 43.2. The van der Waals surface area contributed by atoms with Crippen LogP contribution >= 0.6 is 23.2 Å². The highest BCUT2D eigenvalue weighted by atomic mass is 35.5. The number of carboxylic acids is 1. The molecule has 1 N–H and O–H groups in total. The Morgan fingerprint density at radius 1 is 0.925 bits per heavy atom. The summed E-state index contributed by atoms with van der Waals surface area (Å²) in [6.45, 7) is 6.08. The van der Waals surface area contributed by atoms with Crippen molar-refractivity contribution >= 4 is 46.7 Å². The van der Waals surface area contributed by atoms with E-state index in [-0.39, 0.29) is 24.8 Å². The SMILES string of the molecule is Cc1ccc(C)c(C2=CC(=O)N([C@H](C)c3ccc(Cl)cc3)C(c3ccc(Cl)cc3)C(=O)N2CCCCC(=O)O)c1. The van der Waals surface area contributed by atoms with Crippen LogP contribution in [0.5, 0.6) is 0 Å². The van der Waals surface area contributed by atoms with Crippen molar-refractivity contribution in [2.24, 2.45) is 0 Å². The molecule has 2 amide bonds. The smallest absolute Gasteiger partial charge is 0.303 e. The Kier molecular flexibility index (Phi) is 9.33. The van der Waals surface area contributed by atoms with E-state index in [0.717, 1.165) is 22.3 Å². The Morgan fingerprint density at radius 3 is 2.17 bits per heavy atom. The van der Waals surface area contributed by atoms with Gasteiger partial charge in [-0.25, -0.2) is 0 Å². The monoisotopic (exact) mass is 578 g/mol. The number of amides is 2. The minimum Gasteiger partial charge on any atom is -0.481 e. The lowest BCUT2D eigenvalue weighted by Crippen LogP contribution is -2.43. The van der Waals surface area contributed by atoms with Crippen molar-refractivity contribution in [3.05, 3.63) is 111 Å². The van der Waals surface area contributed by atoms with Crippen molar-refractivity contribution in [3.8, 4) is 0 Å². The molecule has 1 aliphatic heterocycles. The molecule has 40 heavy (non-hydrogen) atoms. The third-order valence-corrected chi connectivity index (χ3v) is 7.73. The fraction of sp³-hybridized carbons (Fsp3) is 0.281. The Balaban J connectivity index is 1.88. The molecular weight excluding hydrogens is 547 g/mol. The van der Waals surface area contributed by atoms with Crippen molar-refractivity contribution in [1.82, 2.24) is 9.80 Å². The lowest BCUT2D eigenvalue weighted by molar-refractivity contribution is -0.142. The number of unbranched alkanes of at least 4 members (excludes halogenated alkanes) is 1. The van der Waals surface area contributed by atoms with Crippen LogP contribution in [-0.4, -0.2) is 39.2 Å². The van der Waals surface area contributed by atoms with E-state index < -0.39 is 18.1 Å². The molecule has 0 saturated heterocycles. The van der Waals surface area contributed by atoms with Gasteiger partial charge in [0, 0.05) is 34.7 Å². The largest absolute Gasteiger partial charge is 0.481 e. The van der Waals surface area contributed by atoms with Gasteiger partial charge >= 0.3 is 5.97 Å². The van der Waals surface area contributed by atoms with E-state index in [1.54, 1.807) is 52.3 Å². The molecule has 0 saturated carbocycles. The predicted molar refractivity (Wildman–Crippen MR) is 158 cm³/mol. The van der Waals surface area contributed by atoms with Gasteiger partial charge in [-0.1, -0.05) is 65.2 Å². The molecule has 0 radical (unpaired) electrons. The summed E-state index contributed by atoms with van der Waals surface area (Å²) in [6, 6.07) is 18.7. The van der Waals surface area contributed by atoms with E-state index in [9.17, 15) is 14.4 Å². The normalized spacial score (nSPS) is 16.5. The molecule has 8 heteroatoms. The van der Waals surface area contributed by atoms with Gasteiger partial charge in [0.2, 0.25) is 5.91 Å². The highest BCUT2D eigenvalue weighted by molar-refractivity contribution is 6.30. The van der Waals surface area contributed by atoms with E-state index in [4.69, 9.17) is 28.3 Å². The van der Waals surface area contributed by atoms with Crippen molar-refractivity contribution < 1.29 is 19.5 Å². The van der Waals surface area contributed by atoms with Crippen LogP contribution in [0.1, 0.15) is 66.1 Å². The lowest BCUT2D eigenvalue weighted by Gasteiger charge is -2.36. The standard InChI is InChI=1S/C32H32Cl2N2O4/c1-20-7-8-21(2)27(18-20)28-19-29(37)36(22(3)23-9-13-25(33)14-10-23)31(24-11-15-26(34)16-12-24)32(40)35(28)17-5-4-6-30(38)39/h7-16,18-19,22,31H,4-6,17H2,1-3H3,(H,38,39)/t22-,31?/m1/s1. The van der Waals surface area contributed by atoms with Crippen LogP contribution < -0.4 is 0 Å². The quantitative estimate of drug-likeness (QED) is 0.269. The van der Waals surface area contributed by atoms with Gasteiger partial charge < -0.3 is 14.9 Å². The van der Waals surface area contributed by atoms with Crippen LogP contribution in [0, 0.1) is 13.8 Å². The number of benzene rings is 3.